The van der Waals surface area contributed by atoms with E-state index in [1.54, 1.807) is 11.3 Å². The summed E-state index contributed by atoms with van der Waals surface area (Å²) in [6, 6.07) is 7.76. The summed E-state index contributed by atoms with van der Waals surface area (Å²) in [6.07, 6.45) is 1.69. The molecule has 1 fully saturated rings. The highest BCUT2D eigenvalue weighted by Crippen LogP contribution is 2.32. The summed E-state index contributed by atoms with van der Waals surface area (Å²) in [5, 5.41) is 4.05. The highest BCUT2D eigenvalue weighted by Gasteiger charge is 2.28. The molecule has 2 aromatic rings. The predicted molar refractivity (Wildman–Crippen MR) is 105 cm³/mol. The highest BCUT2D eigenvalue weighted by atomic mass is 32.1. The average Bonchev–Trinajstić information content (AvgIpc) is 3.04. The van der Waals surface area contributed by atoms with E-state index in [4.69, 9.17) is 15.5 Å². The summed E-state index contributed by atoms with van der Waals surface area (Å²) in [5.41, 5.74) is 9.47. The number of nitrogens with one attached hydrogen (secondary N) is 1. The molecule has 3 rings (SSSR count). The topological polar surface area (TPSA) is 77.2 Å². The van der Waals surface area contributed by atoms with Gasteiger partial charge in [-0.25, -0.2) is 4.98 Å². The number of thiazole rings is 1. The molecule has 2 unspecified atom stereocenters. The molecule has 2 atom stereocenters. The van der Waals surface area contributed by atoms with Gasteiger partial charge in [0.1, 0.15) is 5.01 Å². The Morgan fingerprint density at radius 3 is 2.58 bits per heavy atom. The van der Waals surface area contributed by atoms with E-state index in [9.17, 15) is 4.79 Å². The molecule has 1 aliphatic rings. The van der Waals surface area contributed by atoms with Crippen molar-refractivity contribution in [2.75, 3.05) is 13.2 Å². The Hall–Kier alpha value is -1.76. The van der Waals surface area contributed by atoms with Gasteiger partial charge in [-0.15, -0.1) is 11.3 Å². The van der Waals surface area contributed by atoms with Crippen LogP contribution >= 0.6 is 11.3 Å². The van der Waals surface area contributed by atoms with E-state index in [2.05, 4.69) is 36.5 Å². The average molecular weight is 374 g/mol. The number of nitrogens with zero attached hydrogens (tertiary/aromatic N) is 1. The Morgan fingerprint density at radius 2 is 1.92 bits per heavy atom. The third-order valence-corrected chi connectivity index (χ3v) is 6.35. The smallest absolute Gasteiger partial charge is 0.237 e. The number of hydrogen-bond acceptors (Lipinski definition) is 5. The Morgan fingerprint density at radius 1 is 1.27 bits per heavy atom. The lowest BCUT2D eigenvalue weighted by Gasteiger charge is -2.27. The summed E-state index contributed by atoms with van der Waals surface area (Å²) in [5.74, 6) is 0.107. The van der Waals surface area contributed by atoms with Gasteiger partial charge in [0.05, 0.1) is 22.7 Å². The van der Waals surface area contributed by atoms with Gasteiger partial charge in [-0.05, 0) is 39.5 Å². The number of hydrogen-bond donors (Lipinski definition) is 2. The van der Waals surface area contributed by atoms with Crippen LogP contribution in [0.2, 0.25) is 0 Å². The van der Waals surface area contributed by atoms with Crippen LogP contribution in [0.4, 0.5) is 0 Å². The number of rotatable bonds is 5. The van der Waals surface area contributed by atoms with Gasteiger partial charge in [0.2, 0.25) is 5.91 Å². The Kier molecular flexibility index (Phi) is 6.06. The van der Waals surface area contributed by atoms with Gasteiger partial charge in [-0.1, -0.05) is 29.8 Å². The van der Waals surface area contributed by atoms with E-state index in [1.165, 1.54) is 5.56 Å². The van der Waals surface area contributed by atoms with Crippen molar-refractivity contribution < 1.29 is 9.53 Å². The molecule has 0 bridgehead atoms. The molecule has 6 heteroatoms. The lowest BCUT2D eigenvalue weighted by Crippen LogP contribution is -2.47. The molecule has 1 aromatic carbocycles. The summed E-state index contributed by atoms with van der Waals surface area (Å²) < 4.78 is 5.35. The van der Waals surface area contributed by atoms with E-state index >= 15 is 0 Å². The molecular weight excluding hydrogens is 346 g/mol. The van der Waals surface area contributed by atoms with Crippen molar-refractivity contribution in [1.29, 1.82) is 0 Å². The fourth-order valence-electron chi connectivity index (χ4n) is 3.29. The summed E-state index contributed by atoms with van der Waals surface area (Å²) in [7, 11) is 0. The molecule has 1 aliphatic heterocycles. The number of carbonyl (C=O) groups is 1. The van der Waals surface area contributed by atoms with Crippen LogP contribution in [-0.2, 0) is 9.53 Å². The van der Waals surface area contributed by atoms with Crippen LogP contribution < -0.4 is 11.1 Å². The minimum atomic E-state index is -0.480. The molecule has 0 saturated carbocycles. The zero-order valence-electron chi connectivity index (χ0n) is 15.6. The Labute approximate surface area is 159 Å². The maximum Gasteiger partial charge on any atom is 0.237 e. The Balaban J connectivity index is 1.68. The minimum absolute atomic E-state index is 0.0888. The molecule has 0 aliphatic carbocycles. The number of benzene rings is 1. The minimum Gasteiger partial charge on any atom is -0.381 e. The fourth-order valence-corrected chi connectivity index (χ4v) is 4.37. The molecule has 1 amide bonds. The maximum atomic E-state index is 12.6. The first-order valence-electron chi connectivity index (χ1n) is 9.13. The van der Waals surface area contributed by atoms with Crippen molar-refractivity contribution in [1.82, 2.24) is 10.3 Å². The molecule has 0 radical (unpaired) electrons. The summed E-state index contributed by atoms with van der Waals surface area (Å²) >= 11 is 1.63. The van der Waals surface area contributed by atoms with Gasteiger partial charge in [-0.3, -0.25) is 4.79 Å². The van der Waals surface area contributed by atoms with Crippen molar-refractivity contribution in [2.45, 2.75) is 45.7 Å². The number of amides is 1. The monoisotopic (exact) mass is 373 g/mol. The van der Waals surface area contributed by atoms with Crippen LogP contribution in [0, 0.1) is 19.8 Å². The van der Waals surface area contributed by atoms with Crippen LogP contribution in [0.1, 0.15) is 41.9 Å². The van der Waals surface area contributed by atoms with Gasteiger partial charge in [-0.2, -0.15) is 0 Å². The first kappa shape index (κ1) is 19.0. The van der Waals surface area contributed by atoms with Crippen LogP contribution in [0.25, 0.3) is 10.6 Å². The lowest BCUT2D eigenvalue weighted by molar-refractivity contribution is -0.125. The molecule has 26 heavy (non-hydrogen) atoms. The first-order chi connectivity index (χ1) is 12.5. The zero-order chi connectivity index (χ0) is 18.7. The fraction of sp³-hybridized carbons (Fsp3) is 0.500. The molecule has 2 heterocycles. The second kappa shape index (κ2) is 8.29. The van der Waals surface area contributed by atoms with Crippen molar-refractivity contribution in [3.05, 3.63) is 40.4 Å². The second-order valence-corrected chi connectivity index (χ2v) is 8.07. The van der Waals surface area contributed by atoms with E-state index < -0.39 is 6.04 Å². The van der Waals surface area contributed by atoms with Crippen LogP contribution in [0.5, 0.6) is 0 Å². The molecule has 140 valence electrons. The quantitative estimate of drug-likeness (QED) is 0.842. The lowest BCUT2D eigenvalue weighted by atomic mass is 9.91. The van der Waals surface area contributed by atoms with E-state index in [0.29, 0.717) is 13.2 Å². The summed E-state index contributed by atoms with van der Waals surface area (Å²) in [4.78, 5) is 18.3. The van der Waals surface area contributed by atoms with Crippen LogP contribution in [0.3, 0.4) is 0 Å². The number of carbonyl (C=O) groups excluding carboxylic acids is 1. The largest absolute Gasteiger partial charge is 0.381 e. The predicted octanol–water partition coefficient (Wildman–Crippen LogP) is 3.36. The molecule has 1 aromatic heterocycles. The van der Waals surface area contributed by atoms with E-state index in [0.717, 1.165) is 34.0 Å². The van der Waals surface area contributed by atoms with Gasteiger partial charge < -0.3 is 15.8 Å². The van der Waals surface area contributed by atoms with Gasteiger partial charge >= 0.3 is 0 Å². The Bertz CT molecular complexity index is 751. The molecule has 1 saturated heterocycles. The van der Waals surface area contributed by atoms with Crippen LogP contribution in [0.15, 0.2) is 24.3 Å². The third-order valence-electron chi connectivity index (χ3n) is 4.96. The van der Waals surface area contributed by atoms with Crippen molar-refractivity contribution >= 4 is 17.2 Å². The SMILES string of the molecule is Cc1ccc(-c2nc(C)c(C(C)NC(=O)C(N)C3CCOCC3)s2)cc1. The first-order valence-corrected chi connectivity index (χ1v) is 9.95. The molecule has 0 spiro atoms. The number of ether oxygens (including phenoxy) is 1. The number of aromatic nitrogens is 1. The number of nitrogens with two attached hydrogens (primary N) is 1. The van der Waals surface area contributed by atoms with Crippen molar-refractivity contribution in [3.63, 3.8) is 0 Å². The molecule has 3 N–H and O–H groups in total. The highest BCUT2D eigenvalue weighted by molar-refractivity contribution is 7.15. The summed E-state index contributed by atoms with van der Waals surface area (Å²) in [6.45, 7) is 7.43. The van der Waals surface area contributed by atoms with Gasteiger partial charge in [0.15, 0.2) is 0 Å². The van der Waals surface area contributed by atoms with Gasteiger partial charge in [0, 0.05) is 18.8 Å². The van der Waals surface area contributed by atoms with E-state index in [-0.39, 0.29) is 17.9 Å². The third kappa shape index (κ3) is 4.31. The second-order valence-electron chi connectivity index (χ2n) is 7.04. The van der Waals surface area contributed by atoms with E-state index in [1.807, 2.05) is 13.8 Å². The maximum absolute atomic E-state index is 12.6. The van der Waals surface area contributed by atoms with Gasteiger partial charge in [0.25, 0.3) is 0 Å². The van der Waals surface area contributed by atoms with Crippen LogP contribution in [-0.4, -0.2) is 30.1 Å². The number of aryl methyl sites for hydroxylation is 2. The zero-order valence-corrected chi connectivity index (χ0v) is 16.4. The normalized spacial score (nSPS) is 17.7. The molecule has 5 nitrogen and oxygen atoms in total. The standard InChI is InChI=1S/C20H27N3O2S/c1-12-4-6-16(7-5-12)20-23-14(3)18(26-20)13(2)22-19(24)17(21)15-8-10-25-11-9-15/h4-7,13,15,17H,8-11,21H2,1-3H3,(H,22,24). The molecular formula is C20H27N3O2S. The van der Waals surface area contributed by atoms with Crippen molar-refractivity contribution in [3.8, 4) is 10.6 Å². The van der Waals surface area contributed by atoms with Crippen molar-refractivity contribution in [2.24, 2.45) is 11.7 Å².